The summed E-state index contributed by atoms with van der Waals surface area (Å²) in [6.07, 6.45) is 4.42. The molecule has 0 bridgehead atoms. The Morgan fingerprint density at radius 2 is 1.25 bits per heavy atom. The topological polar surface area (TPSA) is 43.7 Å². The minimum atomic E-state index is -0.0804. The minimum Gasteiger partial charge on any atom is -0.484 e. The molecule has 2 aliphatic rings. The van der Waals surface area contributed by atoms with Crippen LogP contribution >= 0.6 is 0 Å². The number of allylic oxidation sites excluding steroid dienone is 2. The molecule has 1 aliphatic carbocycles. The standard InChI is InChI=1S/C51H34N2O3/c1-31-43(29-28-40-38-15-7-10-21-46(38)55-49(31)40)52(35-26-27-39-37-14-6-9-20-45(37)54-47(39)30-35)34-24-22-32(23-25-34)36-17-11-18-42-48-51(56-50(36)42)41-16-5-8-19-44(41)53(48)33-12-3-2-4-13-33/h2-31,49H,1H3. The molecule has 266 valence electrons. The number of aromatic nitrogens is 1. The summed E-state index contributed by atoms with van der Waals surface area (Å²) in [4.78, 5) is 2.36. The number of benzene rings is 7. The van der Waals surface area contributed by atoms with Crippen molar-refractivity contribution in [2.75, 3.05) is 4.90 Å². The maximum Gasteiger partial charge on any atom is 0.161 e. The highest BCUT2D eigenvalue weighted by atomic mass is 16.5. The number of hydrogen-bond donors (Lipinski definition) is 0. The van der Waals surface area contributed by atoms with Crippen LogP contribution in [0.3, 0.4) is 0 Å². The Labute approximate surface area is 322 Å². The molecule has 4 heterocycles. The van der Waals surface area contributed by atoms with Gasteiger partial charge in [0.2, 0.25) is 0 Å². The Hall–Kier alpha value is -7.24. The van der Waals surface area contributed by atoms with Gasteiger partial charge in [-0.3, -0.25) is 0 Å². The van der Waals surface area contributed by atoms with Gasteiger partial charge in [0.05, 0.1) is 5.52 Å². The van der Waals surface area contributed by atoms with E-state index >= 15 is 0 Å². The van der Waals surface area contributed by atoms with E-state index in [1.54, 1.807) is 0 Å². The molecular weight excluding hydrogens is 689 g/mol. The fourth-order valence-electron chi connectivity index (χ4n) is 9.13. The van der Waals surface area contributed by atoms with Gasteiger partial charge in [-0.15, -0.1) is 0 Å². The first-order valence-electron chi connectivity index (χ1n) is 19.2. The van der Waals surface area contributed by atoms with Crippen LogP contribution in [0.1, 0.15) is 12.5 Å². The Balaban J connectivity index is 1.00. The second-order valence-corrected chi connectivity index (χ2v) is 14.8. The third-order valence-corrected chi connectivity index (χ3v) is 11.7. The van der Waals surface area contributed by atoms with E-state index in [1.807, 2.05) is 18.2 Å². The maximum absolute atomic E-state index is 6.87. The lowest BCUT2D eigenvalue weighted by atomic mass is 9.86. The second-order valence-electron chi connectivity index (χ2n) is 14.8. The number of hydrogen-bond acceptors (Lipinski definition) is 4. The van der Waals surface area contributed by atoms with Gasteiger partial charge in [0.15, 0.2) is 5.58 Å². The molecule has 3 aromatic heterocycles. The Morgan fingerprint density at radius 1 is 0.536 bits per heavy atom. The van der Waals surface area contributed by atoms with Crippen LogP contribution in [0.4, 0.5) is 11.4 Å². The number of para-hydroxylation sites is 5. The van der Waals surface area contributed by atoms with Gasteiger partial charge in [0.25, 0.3) is 0 Å². The Bertz CT molecular complexity index is 3250. The first-order valence-corrected chi connectivity index (χ1v) is 19.2. The van der Waals surface area contributed by atoms with Crippen LogP contribution in [0.15, 0.2) is 190 Å². The molecule has 2 unspecified atom stereocenters. The highest BCUT2D eigenvalue weighted by Crippen LogP contribution is 2.48. The van der Waals surface area contributed by atoms with Crippen LogP contribution < -0.4 is 9.64 Å². The normalized spacial score (nSPS) is 16.3. The molecular formula is C51H34N2O3. The molecule has 5 nitrogen and oxygen atoms in total. The zero-order chi connectivity index (χ0) is 36.9. The lowest BCUT2D eigenvalue weighted by molar-refractivity contribution is 0.228. The van der Waals surface area contributed by atoms with E-state index < -0.39 is 0 Å². The molecule has 0 N–H and O–H groups in total. The van der Waals surface area contributed by atoms with Crippen LogP contribution in [0, 0.1) is 5.92 Å². The minimum absolute atomic E-state index is 0.0723. The van der Waals surface area contributed by atoms with Crippen molar-refractivity contribution in [3.05, 3.63) is 187 Å². The molecule has 0 spiro atoms. The number of anilines is 2. The predicted octanol–water partition coefficient (Wildman–Crippen LogP) is 13.6. The van der Waals surface area contributed by atoms with Crippen molar-refractivity contribution in [1.82, 2.24) is 4.57 Å². The number of furan rings is 2. The summed E-state index contributed by atoms with van der Waals surface area (Å²) < 4.78 is 22.2. The van der Waals surface area contributed by atoms with Gasteiger partial charge < -0.3 is 23.0 Å². The molecule has 12 rings (SSSR count). The van der Waals surface area contributed by atoms with Crippen LogP contribution in [-0.2, 0) is 0 Å². The van der Waals surface area contributed by atoms with Crippen molar-refractivity contribution in [3.8, 4) is 22.6 Å². The molecule has 1 aliphatic heterocycles. The van der Waals surface area contributed by atoms with E-state index in [0.29, 0.717) is 0 Å². The first-order chi connectivity index (χ1) is 27.7. The van der Waals surface area contributed by atoms with Crippen LogP contribution in [-0.4, -0.2) is 10.7 Å². The van der Waals surface area contributed by atoms with Crippen molar-refractivity contribution in [3.63, 3.8) is 0 Å². The van der Waals surface area contributed by atoms with Crippen molar-refractivity contribution >= 4 is 71.9 Å². The predicted molar refractivity (Wildman–Crippen MR) is 228 cm³/mol. The van der Waals surface area contributed by atoms with E-state index in [2.05, 4.69) is 174 Å². The molecule has 0 radical (unpaired) electrons. The summed E-state index contributed by atoms with van der Waals surface area (Å²) in [7, 11) is 0. The largest absolute Gasteiger partial charge is 0.484 e. The van der Waals surface area contributed by atoms with Crippen LogP contribution in [0.25, 0.3) is 77.3 Å². The molecule has 0 fully saturated rings. The highest BCUT2D eigenvalue weighted by Gasteiger charge is 2.38. The molecule has 10 aromatic rings. The molecule has 2 atom stereocenters. The zero-order valence-corrected chi connectivity index (χ0v) is 30.5. The van der Waals surface area contributed by atoms with Crippen molar-refractivity contribution in [2.45, 2.75) is 13.0 Å². The van der Waals surface area contributed by atoms with Crippen molar-refractivity contribution in [1.29, 1.82) is 0 Å². The first kappa shape index (κ1) is 31.1. The van der Waals surface area contributed by atoms with E-state index in [9.17, 15) is 0 Å². The van der Waals surface area contributed by atoms with E-state index in [0.717, 1.165) is 94.5 Å². The molecule has 56 heavy (non-hydrogen) atoms. The summed E-state index contributed by atoms with van der Waals surface area (Å²) in [6, 6.07) is 57.5. The third kappa shape index (κ3) is 4.48. The highest BCUT2D eigenvalue weighted by molar-refractivity contribution is 6.18. The summed E-state index contributed by atoms with van der Waals surface area (Å²) in [5, 5.41) is 4.41. The number of rotatable bonds is 5. The lowest BCUT2D eigenvalue weighted by Gasteiger charge is -2.35. The lowest BCUT2D eigenvalue weighted by Crippen LogP contribution is -2.32. The quantitative estimate of drug-likeness (QED) is 0.177. The van der Waals surface area contributed by atoms with Gasteiger partial charge in [0, 0.05) is 73.0 Å². The number of ether oxygens (including phenoxy) is 1. The maximum atomic E-state index is 6.87. The van der Waals surface area contributed by atoms with Gasteiger partial charge in [-0.1, -0.05) is 104 Å². The summed E-state index contributed by atoms with van der Waals surface area (Å²) in [6.45, 7) is 2.27. The smallest absolute Gasteiger partial charge is 0.161 e. The van der Waals surface area contributed by atoms with Gasteiger partial charge in [-0.25, -0.2) is 0 Å². The number of fused-ring (bicyclic) bond motifs is 11. The van der Waals surface area contributed by atoms with E-state index in [4.69, 9.17) is 13.6 Å². The molecule has 0 saturated heterocycles. The average molecular weight is 723 g/mol. The Morgan fingerprint density at radius 3 is 2.14 bits per heavy atom. The third-order valence-electron chi connectivity index (χ3n) is 11.7. The fourth-order valence-corrected chi connectivity index (χ4v) is 9.13. The SMILES string of the molecule is CC1C(N(c2ccc(-c3cccc4c3oc3c5ccccc5n(-c5ccccc5)c43)cc2)c2ccc3c(c2)oc2ccccc23)=CC=C2c3ccccc3OC21. The summed E-state index contributed by atoms with van der Waals surface area (Å²) in [5.74, 6) is 1.02. The van der Waals surface area contributed by atoms with Gasteiger partial charge >= 0.3 is 0 Å². The molecule has 0 amide bonds. The van der Waals surface area contributed by atoms with Gasteiger partial charge in [-0.2, -0.15) is 0 Å². The average Bonchev–Trinajstić information content (AvgIpc) is 4.01. The van der Waals surface area contributed by atoms with E-state index in [1.165, 1.54) is 11.1 Å². The zero-order valence-electron chi connectivity index (χ0n) is 30.5. The van der Waals surface area contributed by atoms with Gasteiger partial charge in [0.1, 0.15) is 34.1 Å². The second kappa shape index (κ2) is 11.9. The van der Waals surface area contributed by atoms with Crippen molar-refractivity contribution < 1.29 is 13.6 Å². The molecule has 7 aromatic carbocycles. The summed E-state index contributed by atoms with van der Waals surface area (Å²) in [5.41, 5.74) is 14.6. The summed E-state index contributed by atoms with van der Waals surface area (Å²) >= 11 is 0. The fraction of sp³-hybridized carbons (Fsp3) is 0.0588. The number of nitrogens with zero attached hydrogens (tertiary/aromatic N) is 2. The van der Waals surface area contributed by atoms with Crippen molar-refractivity contribution in [2.24, 2.45) is 5.92 Å². The molecule has 0 saturated carbocycles. The molecule has 5 heteroatoms. The van der Waals surface area contributed by atoms with E-state index in [-0.39, 0.29) is 12.0 Å². The van der Waals surface area contributed by atoms with Gasteiger partial charge in [-0.05, 0) is 78.4 Å². The van der Waals surface area contributed by atoms with Crippen LogP contribution in [0.5, 0.6) is 5.75 Å². The Kier molecular flexibility index (Phi) is 6.61. The monoisotopic (exact) mass is 722 g/mol. The van der Waals surface area contributed by atoms with Crippen LogP contribution in [0.2, 0.25) is 0 Å².